The van der Waals surface area contributed by atoms with E-state index in [9.17, 15) is 0 Å². The molecular formula is C29H56O2. The summed E-state index contributed by atoms with van der Waals surface area (Å²) in [6.07, 6.45) is 7.96. The molecule has 0 aromatic carbocycles. The van der Waals surface area contributed by atoms with Crippen LogP contribution in [0.25, 0.3) is 0 Å². The van der Waals surface area contributed by atoms with E-state index in [1.807, 2.05) is 0 Å². The van der Waals surface area contributed by atoms with Gasteiger partial charge in [0.15, 0.2) is 0 Å². The van der Waals surface area contributed by atoms with Crippen LogP contribution in [0.15, 0.2) is 0 Å². The molecule has 2 heterocycles. The molecule has 2 aliphatic heterocycles. The summed E-state index contributed by atoms with van der Waals surface area (Å²) in [7, 11) is 0. The van der Waals surface area contributed by atoms with E-state index in [4.69, 9.17) is 9.47 Å². The van der Waals surface area contributed by atoms with Crippen molar-refractivity contribution in [2.75, 3.05) is 19.8 Å². The van der Waals surface area contributed by atoms with Crippen LogP contribution in [-0.2, 0) is 9.47 Å². The summed E-state index contributed by atoms with van der Waals surface area (Å²) in [6, 6.07) is 0. The lowest BCUT2D eigenvalue weighted by Crippen LogP contribution is -2.53. The maximum absolute atomic E-state index is 6.52. The van der Waals surface area contributed by atoms with E-state index in [-0.39, 0.29) is 5.41 Å². The van der Waals surface area contributed by atoms with Crippen molar-refractivity contribution in [2.24, 2.45) is 52.3 Å². The lowest BCUT2D eigenvalue weighted by atomic mass is 9.53. The smallest absolute Gasteiger partial charge is 0.0633 e. The SMILES string of the molecule is CCC(CC)C(C(C)C(C)(C)C)C(C)C1(C)CCOCC1C1CC(CC(C)C)CCO1. The van der Waals surface area contributed by atoms with Gasteiger partial charge in [-0.15, -0.1) is 0 Å². The third-order valence-corrected chi connectivity index (χ3v) is 9.76. The van der Waals surface area contributed by atoms with E-state index in [2.05, 4.69) is 69.2 Å². The average Bonchev–Trinajstić information content (AvgIpc) is 2.70. The molecule has 7 unspecified atom stereocenters. The van der Waals surface area contributed by atoms with Crippen LogP contribution < -0.4 is 0 Å². The monoisotopic (exact) mass is 436 g/mol. The van der Waals surface area contributed by atoms with Crippen LogP contribution in [0.1, 0.15) is 108 Å². The van der Waals surface area contributed by atoms with Gasteiger partial charge < -0.3 is 9.47 Å². The van der Waals surface area contributed by atoms with Crippen LogP contribution in [0.4, 0.5) is 0 Å². The van der Waals surface area contributed by atoms with Crippen molar-refractivity contribution in [2.45, 2.75) is 114 Å². The van der Waals surface area contributed by atoms with Crippen molar-refractivity contribution in [3.8, 4) is 0 Å². The lowest BCUT2D eigenvalue weighted by Gasteiger charge is -2.55. The Labute approximate surface area is 195 Å². The Bertz CT molecular complexity index is 517. The van der Waals surface area contributed by atoms with E-state index in [0.29, 0.717) is 29.3 Å². The van der Waals surface area contributed by atoms with Gasteiger partial charge in [0.25, 0.3) is 0 Å². The maximum Gasteiger partial charge on any atom is 0.0633 e. The van der Waals surface area contributed by atoms with Gasteiger partial charge in [0.2, 0.25) is 0 Å². The molecule has 2 fully saturated rings. The molecule has 0 saturated carbocycles. The third kappa shape index (κ3) is 6.50. The topological polar surface area (TPSA) is 18.5 Å². The van der Waals surface area contributed by atoms with Crippen molar-refractivity contribution >= 4 is 0 Å². The second-order valence-corrected chi connectivity index (χ2v) is 13.0. The van der Waals surface area contributed by atoms with Gasteiger partial charge in [0, 0.05) is 19.1 Å². The van der Waals surface area contributed by atoms with Gasteiger partial charge in [-0.2, -0.15) is 0 Å². The molecule has 0 amide bonds. The van der Waals surface area contributed by atoms with Gasteiger partial charge in [0.05, 0.1) is 12.7 Å². The predicted molar refractivity (Wildman–Crippen MR) is 134 cm³/mol. The molecule has 31 heavy (non-hydrogen) atoms. The minimum Gasteiger partial charge on any atom is -0.381 e. The Kier molecular flexibility index (Phi) is 9.96. The van der Waals surface area contributed by atoms with Crippen molar-refractivity contribution < 1.29 is 9.47 Å². The van der Waals surface area contributed by atoms with E-state index >= 15 is 0 Å². The number of rotatable bonds is 9. The molecule has 7 atom stereocenters. The molecule has 0 aliphatic carbocycles. The second kappa shape index (κ2) is 11.4. The number of hydrogen-bond donors (Lipinski definition) is 0. The molecule has 0 N–H and O–H groups in total. The summed E-state index contributed by atoms with van der Waals surface area (Å²) in [5.74, 6) is 5.05. The van der Waals surface area contributed by atoms with Gasteiger partial charge in [0.1, 0.15) is 0 Å². The Hall–Kier alpha value is -0.0800. The molecule has 0 bridgehead atoms. The highest BCUT2D eigenvalue weighted by molar-refractivity contribution is 4.99. The van der Waals surface area contributed by atoms with Gasteiger partial charge in [-0.25, -0.2) is 0 Å². The first-order chi connectivity index (χ1) is 14.5. The summed E-state index contributed by atoms with van der Waals surface area (Å²) in [4.78, 5) is 0. The van der Waals surface area contributed by atoms with Crippen molar-refractivity contribution in [1.29, 1.82) is 0 Å². The van der Waals surface area contributed by atoms with E-state index < -0.39 is 0 Å². The average molecular weight is 437 g/mol. The summed E-state index contributed by atoms with van der Waals surface area (Å²) < 4.78 is 12.7. The highest BCUT2D eigenvalue weighted by Crippen LogP contribution is 2.54. The largest absolute Gasteiger partial charge is 0.381 e. The van der Waals surface area contributed by atoms with Crippen molar-refractivity contribution in [3.05, 3.63) is 0 Å². The predicted octanol–water partition coefficient (Wildman–Crippen LogP) is 8.24. The van der Waals surface area contributed by atoms with Gasteiger partial charge in [-0.05, 0) is 72.0 Å². The third-order valence-electron chi connectivity index (χ3n) is 9.76. The Balaban J connectivity index is 2.33. The standard InChI is InChI=1S/C29H56O2/c1-11-24(12-2)27(21(5)28(7,8)9)22(6)29(10)14-16-30-19-25(29)26-18-23(13-15-31-26)17-20(3)4/h20-27H,11-19H2,1-10H3. The summed E-state index contributed by atoms with van der Waals surface area (Å²) in [5.41, 5.74) is 0.623. The fourth-order valence-electron chi connectivity index (χ4n) is 7.14. The zero-order chi connectivity index (χ0) is 23.4. The molecule has 2 saturated heterocycles. The summed E-state index contributed by atoms with van der Waals surface area (Å²) >= 11 is 0. The summed E-state index contributed by atoms with van der Waals surface area (Å²) in [5, 5.41) is 0. The fraction of sp³-hybridized carbons (Fsp3) is 1.00. The van der Waals surface area contributed by atoms with Crippen LogP contribution in [0.3, 0.4) is 0 Å². The minimum atomic E-state index is 0.287. The Morgan fingerprint density at radius 1 is 1.00 bits per heavy atom. The molecule has 0 spiro atoms. The molecule has 2 rings (SSSR count). The molecular weight excluding hydrogens is 380 g/mol. The minimum absolute atomic E-state index is 0.287. The first kappa shape index (κ1) is 27.2. The highest BCUT2D eigenvalue weighted by Gasteiger charge is 2.51. The van der Waals surface area contributed by atoms with E-state index in [1.54, 1.807) is 0 Å². The zero-order valence-electron chi connectivity index (χ0n) is 22.8. The quantitative estimate of drug-likeness (QED) is 0.362. The second-order valence-electron chi connectivity index (χ2n) is 13.0. The van der Waals surface area contributed by atoms with Crippen molar-refractivity contribution in [1.82, 2.24) is 0 Å². The molecule has 2 aliphatic rings. The first-order valence-corrected chi connectivity index (χ1v) is 13.6. The van der Waals surface area contributed by atoms with Crippen LogP contribution in [0.5, 0.6) is 0 Å². The van der Waals surface area contributed by atoms with Crippen LogP contribution in [0, 0.1) is 52.3 Å². The Morgan fingerprint density at radius 3 is 2.19 bits per heavy atom. The fourth-order valence-corrected chi connectivity index (χ4v) is 7.14. The summed E-state index contributed by atoms with van der Waals surface area (Å²) in [6.45, 7) is 27.4. The molecule has 2 nitrogen and oxygen atoms in total. The molecule has 184 valence electrons. The van der Waals surface area contributed by atoms with Crippen LogP contribution in [0.2, 0.25) is 0 Å². The number of ether oxygens (including phenoxy) is 2. The molecule has 0 aromatic rings. The highest BCUT2D eigenvalue weighted by atomic mass is 16.5. The molecule has 0 aromatic heterocycles. The van der Waals surface area contributed by atoms with E-state index in [0.717, 1.165) is 43.5 Å². The van der Waals surface area contributed by atoms with E-state index in [1.165, 1.54) is 38.5 Å². The van der Waals surface area contributed by atoms with Gasteiger partial charge in [-0.1, -0.05) is 82.1 Å². The van der Waals surface area contributed by atoms with Crippen LogP contribution >= 0.6 is 0 Å². The Morgan fingerprint density at radius 2 is 1.65 bits per heavy atom. The number of hydrogen-bond acceptors (Lipinski definition) is 2. The van der Waals surface area contributed by atoms with Gasteiger partial charge in [-0.3, -0.25) is 0 Å². The normalized spacial score (nSPS) is 33.5. The lowest BCUT2D eigenvalue weighted by molar-refractivity contribution is -0.161. The first-order valence-electron chi connectivity index (χ1n) is 13.6. The van der Waals surface area contributed by atoms with Crippen LogP contribution in [-0.4, -0.2) is 25.9 Å². The van der Waals surface area contributed by atoms with Crippen molar-refractivity contribution in [3.63, 3.8) is 0 Å². The van der Waals surface area contributed by atoms with Gasteiger partial charge >= 0.3 is 0 Å². The maximum atomic E-state index is 6.52. The zero-order valence-corrected chi connectivity index (χ0v) is 22.8. The molecule has 0 radical (unpaired) electrons. The molecule has 2 heteroatoms.